The summed E-state index contributed by atoms with van der Waals surface area (Å²) in [5, 5.41) is 3.02. The third-order valence-electron chi connectivity index (χ3n) is 5.00. The van der Waals surface area contributed by atoms with Crippen LogP contribution in [0.1, 0.15) is 56.4 Å². The highest BCUT2D eigenvalue weighted by molar-refractivity contribution is 5.88. The van der Waals surface area contributed by atoms with E-state index >= 15 is 0 Å². The normalized spacial score (nSPS) is 12.2. The number of amides is 2. The van der Waals surface area contributed by atoms with Crippen molar-refractivity contribution in [2.24, 2.45) is 0 Å². The molecule has 0 saturated heterocycles. The molecule has 2 aromatic rings. The minimum absolute atomic E-state index is 0.116. The molecule has 0 fully saturated rings. The van der Waals surface area contributed by atoms with Crippen LogP contribution in [0.3, 0.4) is 0 Å². The van der Waals surface area contributed by atoms with Crippen molar-refractivity contribution in [2.75, 3.05) is 6.61 Å². The Morgan fingerprint density at radius 2 is 1.71 bits per heavy atom. The molecule has 2 amide bonds. The average molecular weight is 425 g/mol. The first-order valence-electron chi connectivity index (χ1n) is 10.9. The Balaban J connectivity index is 2.26. The zero-order chi connectivity index (χ0) is 23.2. The van der Waals surface area contributed by atoms with E-state index in [1.54, 1.807) is 4.90 Å². The molecular weight excluding hydrogens is 388 g/mol. The molecule has 2 rings (SSSR count). The van der Waals surface area contributed by atoms with Gasteiger partial charge >= 0.3 is 0 Å². The Morgan fingerprint density at radius 3 is 2.29 bits per heavy atom. The van der Waals surface area contributed by atoms with Crippen LogP contribution >= 0.6 is 0 Å². The molecule has 1 N–H and O–H groups in total. The summed E-state index contributed by atoms with van der Waals surface area (Å²) in [5.74, 6) is 0.321. The van der Waals surface area contributed by atoms with Crippen LogP contribution in [0, 0.1) is 20.8 Å². The fourth-order valence-corrected chi connectivity index (χ4v) is 3.56. The van der Waals surface area contributed by atoms with E-state index in [4.69, 9.17) is 4.74 Å². The first kappa shape index (κ1) is 24.4. The molecule has 1 atom stereocenters. The molecule has 5 heteroatoms. The molecule has 0 aromatic heterocycles. The molecule has 0 bridgehead atoms. The van der Waals surface area contributed by atoms with Crippen molar-refractivity contribution in [2.45, 2.75) is 73.0 Å². The second kappa shape index (κ2) is 10.5. The second-order valence-corrected chi connectivity index (χ2v) is 9.23. The van der Waals surface area contributed by atoms with Crippen molar-refractivity contribution < 1.29 is 14.3 Å². The van der Waals surface area contributed by atoms with Gasteiger partial charge in [-0.05, 0) is 65.2 Å². The number of ether oxygens (including phenoxy) is 1. The summed E-state index contributed by atoms with van der Waals surface area (Å²) in [6, 6.07) is 13.3. The number of carbonyl (C=O) groups excluding carboxylic acids is 2. The third kappa shape index (κ3) is 7.42. The molecule has 2 aromatic carbocycles. The summed E-state index contributed by atoms with van der Waals surface area (Å²) in [7, 11) is 0. The highest BCUT2D eigenvalue weighted by Crippen LogP contribution is 2.20. The van der Waals surface area contributed by atoms with E-state index in [2.05, 4.69) is 5.32 Å². The fourth-order valence-electron chi connectivity index (χ4n) is 3.56. The zero-order valence-corrected chi connectivity index (χ0v) is 19.9. The molecule has 0 aliphatic carbocycles. The van der Waals surface area contributed by atoms with Gasteiger partial charge in [-0.25, -0.2) is 0 Å². The Morgan fingerprint density at radius 1 is 1.03 bits per heavy atom. The third-order valence-corrected chi connectivity index (χ3v) is 5.00. The van der Waals surface area contributed by atoms with Gasteiger partial charge in [0, 0.05) is 12.1 Å². The number of hydrogen-bond donors (Lipinski definition) is 1. The topological polar surface area (TPSA) is 58.6 Å². The monoisotopic (exact) mass is 424 g/mol. The first-order valence-corrected chi connectivity index (χ1v) is 10.9. The second-order valence-electron chi connectivity index (χ2n) is 9.23. The standard InChI is InChI=1S/C26H36N2O3/c1-8-22(25(30)27-26(5,6)7)28(16-21-11-9-10-18(2)15-21)24(29)17-31-23-13-12-19(3)14-20(23)4/h9-15,22H,8,16-17H2,1-7H3,(H,27,30)/t22-/m1/s1. The summed E-state index contributed by atoms with van der Waals surface area (Å²) < 4.78 is 5.85. The lowest BCUT2D eigenvalue weighted by molar-refractivity contribution is -0.143. The molecular formula is C26H36N2O3. The summed E-state index contributed by atoms with van der Waals surface area (Å²) >= 11 is 0. The van der Waals surface area contributed by atoms with E-state index in [1.165, 1.54) is 0 Å². The van der Waals surface area contributed by atoms with Gasteiger partial charge in [-0.15, -0.1) is 0 Å². The van der Waals surface area contributed by atoms with E-state index in [0.717, 1.165) is 22.3 Å². The highest BCUT2D eigenvalue weighted by atomic mass is 16.5. The minimum atomic E-state index is -0.574. The summed E-state index contributed by atoms with van der Waals surface area (Å²) in [5.41, 5.74) is 3.85. The van der Waals surface area contributed by atoms with Gasteiger partial charge in [0.2, 0.25) is 5.91 Å². The maximum Gasteiger partial charge on any atom is 0.261 e. The van der Waals surface area contributed by atoms with Gasteiger partial charge in [0.15, 0.2) is 6.61 Å². The summed E-state index contributed by atoms with van der Waals surface area (Å²) in [6.07, 6.45) is 0.517. The smallest absolute Gasteiger partial charge is 0.261 e. The lowest BCUT2D eigenvalue weighted by Crippen LogP contribution is -2.54. The highest BCUT2D eigenvalue weighted by Gasteiger charge is 2.31. The van der Waals surface area contributed by atoms with Gasteiger partial charge in [0.25, 0.3) is 5.91 Å². The fraction of sp³-hybridized carbons (Fsp3) is 0.462. The molecule has 0 spiro atoms. The first-order chi connectivity index (χ1) is 14.5. The zero-order valence-electron chi connectivity index (χ0n) is 19.9. The van der Waals surface area contributed by atoms with Crippen LogP contribution in [-0.4, -0.2) is 34.9 Å². The Labute approximate surface area is 186 Å². The molecule has 5 nitrogen and oxygen atoms in total. The maximum absolute atomic E-state index is 13.3. The molecule has 31 heavy (non-hydrogen) atoms. The van der Waals surface area contributed by atoms with E-state index in [0.29, 0.717) is 18.7 Å². The Bertz CT molecular complexity index is 915. The number of benzene rings is 2. The van der Waals surface area contributed by atoms with Crippen molar-refractivity contribution in [3.8, 4) is 5.75 Å². The molecule has 0 saturated carbocycles. The molecule has 0 radical (unpaired) electrons. The van der Waals surface area contributed by atoms with Crippen molar-refractivity contribution in [1.29, 1.82) is 0 Å². The van der Waals surface area contributed by atoms with Gasteiger partial charge in [-0.2, -0.15) is 0 Å². The van der Waals surface area contributed by atoms with Gasteiger partial charge in [0.1, 0.15) is 11.8 Å². The van der Waals surface area contributed by atoms with Gasteiger partial charge in [-0.1, -0.05) is 54.4 Å². The lowest BCUT2D eigenvalue weighted by Gasteiger charge is -2.33. The predicted molar refractivity (Wildman–Crippen MR) is 125 cm³/mol. The Hall–Kier alpha value is -2.82. The number of carbonyl (C=O) groups is 2. The number of hydrogen-bond acceptors (Lipinski definition) is 3. The number of rotatable bonds is 8. The lowest BCUT2D eigenvalue weighted by atomic mass is 10.1. The van der Waals surface area contributed by atoms with Crippen LogP contribution in [0.2, 0.25) is 0 Å². The van der Waals surface area contributed by atoms with Crippen molar-refractivity contribution in [1.82, 2.24) is 10.2 Å². The quantitative estimate of drug-likeness (QED) is 0.667. The Kier molecular flexibility index (Phi) is 8.26. The van der Waals surface area contributed by atoms with Crippen molar-refractivity contribution >= 4 is 11.8 Å². The molecule has 0 aliphatic rings. The van der Waals surface area contributed by atoms with E-state index in [-0.39, 0.29) is 24.0 Å². The van der Waals surface area contributed by atoms with E-state index in [9.17, 15) is 9.59 Å². The van der Waals surface area contributed by atoms with Gasteiger partial charge in [0.05, 0.1) is 0 Å². The average Bonchev–Trinajstić information content (AvgIpc) is 2.65. The van der Waals surface area contributed by atoms with Crippen LogP contribution in [0.25, 0.3) is 0 Å². The maximum atomic E-state index is 13.3. The molecule has 0 heterocycles. The van der Waals surface area contributed by atoms with Crippen LogP contribution in [0.15, 0.2) is 42.5 Å². The molecule has 0 aliphatic heterocycles. The number of nitrogens with one attached hydrogen (secondary N) is 1. The van der Waals surface area contributed by atoms with Gasteiger partial charge in [-0.3, -0.25) is 9.59 Å². The van der Waals surface area contributed by atoms with E-state index in [1.807, 2.05) is 90.9 Å². The largest absolute Gasteiger partial charge is 0.483 e. The van der Waals surface area contributed by atoms with Crippen LogP contribution < -0.4 is 10.1 Å². The summed E-state index contributed by atoms with van der Waals surface area (Å²) in [6.45, 7) is 14.0. The predicted octanol–water partition coefficient (Wildman–Crippen LogP) is 4.71. The van der Waals surface area contributed by atoms with Crippen molar-refractivity contribution in [3.63, 3.8) is 0 Å². The minimum Gasteiger partial charge on any atom is -0.483 e. The number of nitrogens with zero attached hydrogens (tertiary/aromatic N) is 1. The van der Waals surface area contributed by atoms with Gasteiger partial charge < -0.3 is 15.0 Å². The molecule has 0 unspecified atom stereocenters. The van der Waals surface area contributed by atoms with E-state index < -0.39 is 6.04 Å². The molecule has 168 valence electrons. The van der Waals surface area contributed by atoms with Crippen LogP contribution in [-0.2, 0) is 16.1 Å². The number of aryl methyl sites for hydroxylation is 3. The van der Waals surface area contributed by atoms with Crippen LogP contribution in [0.4, 0.5) is 0 Å². The summed E-state index contributed by atoms with van der Waals surface area (Å²) in [4.78, 5) is 27.9. The van der Waals surface area contributed by atoms with Crippen molar-refractivity contribution in [3.05, 3.63) is 64.7 Å². The SMILES string of the molecule is CC[C@H](C(=O)NC(C)(C)C)N(Cc1cccc(C)c1)C(=O)COc1ccc(C)cc1C. The van der Waals surface area contributed by atoms with Crippen LogP contribution in [0.5, 0.6) is 5.75 Å².